The van der Waals surface area contributed by atoms with Gasteiger partial charge in [0.2, 0.25) is 11.8 Å². The molecule has 120 valence electrons. The number of hydrogen-bond acceptors (Lipinski definition) is 2. The highest BCUT2D eigenvalue weighted by atomic mass is 16.2. The molecule has 0 saturated heterocycles. The van der Waals surface area contributed by atoms with Gasteiger partial charge in [0.05, 0.1) is 0 Å². The van der Waals surface area contributed by atoms with Crippen LogP contribution in [0.2, 0.25) is 0 Å². The zero-order chi connectivity index (χ0) is 17.0. The lowest BCUT2D eigenvalue weighted by atomic mass is 10.2. The maximum atomic E-state index is 12.3. The summed E-state index contributed by atoms with van der Waals surface area (Å²) in [6.45, 7) is 3.98. The maximum Gasteiger partial charge on any atom is 0.236 e. The van der Waals surface area contributed by atoms with Crippen LogP contribution in [0.5, 0.6) is 0 Å². The van der Waals surface area contributed by atoms with E-state index in [1.165, 1.54) is 9.80 Å². The average molecular weight is 310 g/mol. The van der Waals surface area contributed by atoms with Crippen molar-refractivity contribution >= 4 is 23.2 Å². The van der Waals surface area contributed by atoms with Gasteiger partial charge < -0.3 is 9.80 Å². The van der Waals surface area contributed by atoms with E-state index < -0.39 is 0 Å². The van der Waals surface area contributed by atoms with Crippen LogP contribution < -0.4 is 9.80 Å². The smallest absolute Gasteiger partial charge is 0.236 e. The fourth-order valence-electron chi connectivity index (χ4n) is 2.19. The number of amides is 2. The Balaban J connectivity index is 2.02. The van der Waals surface area contributed by atoms with Gasteiger partial charge in [0.1, 0.15) is 6.42 Å². The monoisotopic (exact) mass is 310 g/mol. The minimum Gasteiger partial charge on any atom is -0.315 e. The van der Waals surface area contributed by atoms with Crippen molar-refractivity contribution in [1.82, 2.24) is 0 Å². The fraction of sp³-hybridized carbons (Fsp3) is 0.263. The largest absolute Gasteiger partial charge is 0.315 e. The molecule has 4 nitrogen and oxygen atoms in total. The number of hydrogen-bond donors (Lipinski definition) is 0. The van der Waals surface area contributed by atoms with E-state index in [0.29, 0.717) is 0 Å². The zero-order valence-electron chi connectivity index (χ0n) is 14.0. The highest BCUT2D eigenvalue weighted by molar-refractivity contribution is 6.09. The minimum atomic E-state index is -0.224. The Kier molecular flexibility index (Phi) is 5.16. The van der Waals surface area contributed by atoms with Crippen molar-refractivity contribution in [3.05, 3.63) is 59.7 Å². The summed E-state index contributed by atoms with van der Waals surface area (Å²) in [5, 5.41) is 0. The van der Waals surface area contributed by atoms with E-state index in [9.17, 15) is 9.59 Å². The Hall–Kier alpha value is -2.62. The molecule has 0 aromatic heterocycles. The summed E-state index contributed by atoms with van der Waals surface area (Å²) >= 11 is 0. The Morgan fingerprint density at radius 1 is 0.696 bits per heavy atom. The van der Waals surface area contributed by atoms with Crippen LogP contribution in [0.3, 0.4) is 0 Å². The van der Waals surface area contributed by atoms with E-state index in [4.69, 9.17) is 0 Å². The van der Waals surface area contributed by atoms with Gasteiger partial charge in [-0.05, 0) is 38.1 Å². The Morgan fingerprint density at radius 2 is 1.00 bits per heavy atom. The first kappa shape index (κ1) is 16.7. The fourth-order valence-corrected chi connectivity index (χ4v) is 2.19. The Morgan fingerprint density at radius 3 is 1.30 bits per heavy atom. The number of rotatable bonds is 4. The highest BCUT2D eigenvalue weighted by Gasteiger charge is 2.19. The molecule has 0 radical (unpaired) electrons. The second-order valence-corrected chi connectivity index (χ2v) is 5.75. The van der Waals surface area contributed by atoms with Gasteiger partial charge in [0.25, 0.3) is 0 Å². The van der Waals surface area contributed by atoms with Gasteiger partial charge in [-0.15, -0.1) is 0 Å². The van der Waals surface area contributed by atoms with Gasteiger partial charge >= 0.3 is 0 Å². The molecule has 0 spiro atoms. The minimum absolute atomic E-state index is 0.158. The van der Waals surface area contributed by atoms with Crippen LogP contribution in [0.4, 0.5) is 11.4 Å². The third-order valence-corrected chi connectivity index (χ3v) is 3.89. The summed E-state index contributed by atoms with van der Waals surface area (Å²) in [6.07, 6.45) is -0.158. The van der Waals surface area contributed by atoms with Gasteiger partial charge in [-0.3, -0.25) is 9.59 Å². The molecule has 0 atom stereocenters. The summed E-state index contributed by atoms with van der Waals surface area (Å²) in [6, 6.07) is 15.3. The highest BCUT2D eigenvalue weighted by Crippen LogP contribution is 2.17. The third kappa shape index (κ3) is 4.19. The quantitative estimate of drug-likeness (QED) is 0.813. The van der Waals surface area contributed by atoms with E-state index in [0.717, 1.165) is 22.5 Å². The summed E-state index contributed by atoms with van der Waals surface area (Å²) in [5.74, 6) is -0.448. The summed E-state index contributed by atoms with van der Waals surface area (Å²) in [4.78, 5) is 27.6. The second-order valence-electron chi connectivity index (χ2n) is 5.75. The first-order valence-corrected chi connectivity index (χ1v) is 7.55. The summed E-state index contributed by atoms with van der Waals surface area (Å²) < 4.78 is 0. The predicted octanol–water partition coefficient (Wildman–Crippen LogP) is 3.32. The molecule has 0 fully saturated rings. The van der Waals surface area contributed by atoms with Crippen molar-refractivity contribution < 1.29 is 9.59 Å². The molecule has 0 N–H and O–H groups in total. The van der Waals surface area contributed by atoms with Crippen molar-refractivity contribution in [2.75, 3.05) is 23.9 Å². The van der Waals surface area contributed by atoms with Crippen LogP contribution in [0, 0.1) is 13.8 Å². The number of nitrogens with zero attached hydrogens (tertiary/aromatic N) is 2. The number of carbonyl (C=O) groups is 2. The van der Waals surface area contributed by atoms with Crippen molar-refractivity contribution in [1.29, 1.82) is 0 Å². The normalized spacial score (nSPS) is 10.3. The summed E-state index contributed by atoms with van der Waals surface area (Å²) in [5.41, 5.74) is 3.83. The Labute approximate surface area is 137 Å². The van der Waals surface area contributed by atoms with E-state index >= 15 is 0 Å². The molecule has 0 aliphatic carbocycles. The van der Waals surface area contributed by atoms with Crippen molar-refractivity contribution in [3.63, 3.8) is 0 Å². The summed E-state index contributed by atoms with van der Waals surface area (Å²) in [7, 11) is 3.37. The number of benzene rings is 2. The molecule has 2 aromatic carbocycles. The first-order valence-electron chi connectivity index (χ1n) is 7.55. The first-order chi connectivity index (χ1) is 10.9. The Bertz CT molecular complexity index is 629. The molecular weight excluding hydrogens is 288 g/mol. The van der Waals surface area contributed by atoms with E-state index in [1.807, 2.05) is 62.4 Å². The third-order valence-electron chi connectivity index (χ3n) is 3.89. The lowest BCUT2D eigenvalue weighted by Gasteiger charge is -2.21. The number of carbonyl (C=O) groups excluding carboxylic acids is 2. The lowest BCUT2D eigenvalue weighted by molar-refractivity contribution is -0.126. The van der Waals surface area contributed by atoms with Crippen molar-refractivity contribution in [3.8, 4) is 0 Å². The van der Waals surface area contributed by atoms with Crippen LogP contribution in [0.1, 0.15) is 17.5 Å². The molecule has 4 heteroatoms. The van der Waals surface area contributed by atoms with Crippen LogP contribution in [-0.4, -0.2) is 25.9 Å². The lowest BCUT2D eigenvalue weighted by Crippen LogP contribution is -2.34. The van der Waals surface area contributed by atoms with E-state index in [-0.39, 0.29) is 18.2 Å². The van der Waals surface area contributed by atoms with E-state index in [1.54, 1.807) is 14.1 Å². The van der Waals surface area contributed by atoms with Crippen molar-refractivity contribution in [2.45, 2.75) is 20.3 Å². The molecule has 0 unspecified atom stereocenters. The maximum absolute atomic E-state index is 12.3. The molecule has 2 amide bonds. The predicted molar refractivity (Wildman–Crippen MR) is 93.8 cm³/mol. The van der Waals surface area contributed by atoms with Gasteiger partial charge in [0, 0.05) is 25.5 Å². The molecule has 23 heavy (non-hydrogen) atoms. The SMILES string of the molecule is Cc1ccc(N(C)C(=O)CC(=O)N(C)c2ccc(C)cc2)cc1. The van der Waals surface area contributed by atoms with Gasteiger partial charge in [-0.2, -0.15) is 0 Å². The van der Waals surface area contributed by atoms with Crippen LogP contribution >= 0.6 is 0 Å². The molecule has 0 bridgehead atoms. The van der Waals surface area contributed by atoms with Gasteiger partial charge in [-0.25, -0.2) is 0 Å². The zero-order valence-corrected chi connectivity index (χ0v) is 14.0. The molecular formula is C19H22N2O2. The molecule has 0 saturated carbocycles. The average Bonchev–Trinajstić information content (AvgIpc) is 2.54. The molecule has 0 aliphatic rings. The molecule has 0 aliphatic heterocycles. The van der Waals surface area contributed by atoms with Crippen LogP contribution in [0.25, 0.3) is 0 Å². The number of aryl methyl sites for hydroxylation is 2. The van der Waals surface area contributed by atoms with Crippen LogP contribution in [-0.2, 0) is 9.59 Å². The number of anilines is 2. The van der Waals surface area contributed by atoms with Gasteiger partial charge in [-0.1, -0.05) is 35.4 Å². The van der Waals surface area contributed by atoms with Crippen molar-refractivity contribution in [2.24, 2.45) is 0 Å². The standard InChI is InChI=1S/C19H22N2O2/c1-14-5-9-16(10-6-14)20(3)18(22)13-19(23)21(4)17-11-7-15(2)8-12-17/h5-12H,13H2,1-4H3. The molecule has 0 heterocycles. The molecule has 2 aromatic rings. The topological polar surface area (TPSA) is 40.6 Å². The van der Waals surface area contributed by atoms with Gasteiger partial charge in [0.15, 0.2) is 0 Å². The molecule has 2 rings (SSSR count). The van der Waals surface area contributed by atoms with E-state index in [2.05, 4.69) is 0 Å². The second kappa shape index (κ2) is 7.09. The van der Waals surface area contributed by atoms with Crippen LogP contribution in [0.15, 0.2) is 48.5 Å².